The van der Waals surface area contributed by atoms with Crippen LogP contribution in [-0.2, 0) is 0 Å². The van der Waals surface area contributed by atoms with E-state index in [0.29, 0.717) is 24.1 Å². The molecule has 6 nitrogen and oxygen atoms in total. The molecule has 6 heteroatoms. The number of amides is 1. The molecule has 1 aromatic heterocycles. The first kappa shape index (κ1) is 14.7. The van der Waals surface area contributed by atoms with Gasteiger partial charge in [0.25, 0.3) is 5.91 Å². The summed E-state index contributed by atoms with van der Waals surface area (Å²) in [6.45, 7) is 1.51. The van der Waals surface area contributed by atoms with Crippen LogP contribution in [0.15, 0.2) is 12.4 Å². The van der Waals surface area contributed by atoms with Gasteiger partial charge in [-0.15, -0.1) is 0 Å². The van der Waals surface area contributed by atoms with E-state index >= 15 is 0 Å². The molecule has 0 atom stereocenters. The lowest BCUT2D eigenvalue weighted by atomic mass is 10.2. The number of anilines is 1. The number of aromatic nitrogens is 2. The summed E-state index contributed by atoms with van der Waals surface area (Å²) in [6, 6.07) is 0.682. The number of carbonyl (C=O) groups excluding carboxylic acids is 1. The zero-order chi connectivity index (χ0) is 14.4. The summed E-state index contributed by atoms with van der Waals surface area (Å²) in [5.74, 6) is 0.488. The molecular formula is C14H23N5O. The molecule has 0 aromatic carbocycles. The molecule has 0 unspecified atom stereocenters. The van der Waals surface area contributed by atoms with Crippen LogP contribution in [-0.4, -0.2) is 54.0 Å². The van der Waals surface area contributed by atoms with Crippen molar-refractivity contribution in [3.8, 4) is 0 Å². The third kappa shape index (κ3) is 3.90. The summed E-state index contributed by atoms with van der Waals surface area (Å²) in [7, 11) is 3.90. The molecule has 20 heavy (non-hydrogen) atoms. The third-order valence-corrected chi connectivity index (χ3v) is 3.84. The average molecular weight is 277 g/mol. The Balaban J connectivity index is 1.73. The maximum Gasteiger partial charge on any atom is 0.271 e. The molecule has 1 aliphatic rings. The number of hydrogen-bond donors (Lipinski definition) is 2. The van der Waals surface area contributed by atoms with Gasteiger partial charge in [0.15, 0.2) is 0 Å². The summed E-state index contributed by atoms with van der Waals surface area (Å²) in [4.78, 5) is 22.4. The van der Waals surface area contributed by atoms with Crippen LogP contribution in [0.4, 0.5) is 5.82 Å². The number of carbonyl (C=O) groups is 1. The molecule has 1 fully saturated rings. The van der Waals surface area contributed by atoms with Gasteiger partial charge in [-0.2, -0.15) is 0 Å². The number of likely N-dealkylation sites (N-methyl/N-ethyl adjacent to an activating group) is 1. The van der Waals surface area contributed by atoms with E-state index in [0.717, 1.165) is 6.54 Å². The van der Waals surface area contributed by atoms with Crippen LogP contribution in [0, 0.1) is 0 Å². The highest BCUT2D eigenvalue weighted by atomic mass is 16.1. The molecule has 0 aliphatic heterocycles. The molecule has 110 valence electrons. The second-order valence-electron chi connectivity index (χ2n) is 5.21. The zero-order valence-corrected chi connectivity index (χ0v) is 12.2. The Hall–Kier alpha value is -1.69. The molecule has 0 bridgehead atoms. The Morgan fingerprint density at radius 3 is 2.70 bits per heavy atom. The van der Waals surface area contributed by atoms with Gasteiger partial charge >= 0.3 is 0 Å². The Morgan fingerprint density at radius 1 is 1.35 bits per heavy atom. The highest BCUT2D eigenvalue weighted by Gasteiger charge is 2.19. The standard InChI is InChI=1S/C14H23N5O/c1-15-13-10-17-12(9-18-13)14(20)16-7-8-19(2)11-5-3-4-6-11/h9-11H,3-8H2,1-2H3,(H,15,18)(H,16,20). The van der Waals surface area contributed by atoms with E-state index in [4.69, 9.17) is 0 Å². The predicted molar refractivity (Wildman–Crippen MR) is 78.8 cm³/mol. The largest absolute Gasteiger partial charge is 0.372 e. The van der Waals surface area contributed by atoms with E-state index < -0.39 is 0 Å². The zero-order valence-electron chi connectivity index (χ0n) is 12.2. The summed E-state index contributed by atoms with van der Waals surface area (Å²) >= 11 is 0. The lowest BCUT2D eigenvalue weighted by Crippen LogP contribution is -2.37. The average Bonchev–Trinajstić information content (AvgIpc) is 3.01. The first-order valence-corrected chi connectivity index (χ1v) is 7.19. The van der Waals surface area contributed by atoms with Crippen molar-refractivity contribution in [2.45, 2.75) is 31.7 Å². The van der Waals surface area contributed by atoms with Crippen molar-refractivity contribution in [3.05, 3.63) is 18.1 Å². The Labute approximate surface area is 120 Å². The van der Waals surface area contributed by atoms with Gasteiger partial charge in [-0.25, -0.2) is 9.97 Å². The fourth-order valence-corrected chi connectivity index (χ4v) is 2.54. The molecule has 0 radical (unpaired) electrons. The third-order valence-electron chi connectivity index (χ3n) is 3.84. The van der Waals surface area contributed by atoms with Crippen LogP contribution >= 0.6 is 0 Å². The second-order valence-corrected chi connectivity index (χ2v) is 5.21. The van der Waals surface area contributed by atoms with Crippen LogP contribution in [0.3, 0.4) is 0 Å². The van der Waals surface area contributed by atoms with Crippen molar-refractivity contribution < 1.29 is 4.79 Å². The second kappa shape index (κ2) is 7.19. The van der Waals surface area contributed by atoms with Crippen LogP contribution in [0.2, 0.25) is 0 Å². The van der Waals surface area contributed by atoms with Gasteiger partial charge in [0.2, 0.25) is 0 Å². The molecular weight excluding hydrogens is 254 g/mol. The van der Waals surface area contributed by atoms with E-state index in [1.165, 1.54) is 31.9 Å². The van der Waals surface area contributed by atoms with Crippen LogP contribution in [0.1, 0.15) is 36.2 Å². The Bertz CT molecular complexity index is 428. The summed E-state index contributed by atoms with van der Waals surface area (Å²) < 4.78 is 0. The fourth-order valence-electron chi connectivity index (χ4n) is 2.54. The minimum absolute atomic E-state index is 0.167. The lowest BCUT2D eigenvalue weighted by molar-refractivity contribution is 0.0942. The minimum atomic E-state index is -0.167. The van der Waals surface area contributed by atoms with E-state index in [1.54, 1.807) is 13.2 Å². The maximum absolute atomic E-state index is 11.9. The molecule has 1 amide bonds. The monoisotopic (exact) mass is 277 g/mol. The van der Waals surface area contributed by atoms with Crippen molar-refractivity contribution in [1.82, 2.24) is 20.2 Å². The summed E-state index contributed by atoms with van der Waals surface area (Å²) in [5, 5.41) is 5.76. The van der Waals surface area contributed by atoms with Gasteiger partial charge in [-0.1, -0.05) is 12.8 Å². The van der Waals surface area contributed by atoms with E-state index in [2.05, 4.69) is 32.5 Å². The molecule has 2 rings (SSSR count). The maximum atomic E-state index is 11.9. The summed E-state index contributed by atoms with van der Waals surface area (Å²) in [6.07, 6.45) is 8.26. The number of nitrogens with zero attached hydrogens (tertiary/aromatic N) is 3. The van der Waals surface area contributed by atoms with E-state index in [1.807, 2.05) is 0 Å². The Morgan fingerprint density at radius 2 is 2.10 bits per heavy atom. The molecule has 2 N–H and O–H groups in total. The van der Waals surface area contributed by atoms with Gasteiger partial charge in [0, 0.05) is 26.2 Å². The van der Waals surface area contributed by atoms with E-state index in [-0.39, 0.29) is 5.91 Å². The van der Waals surface area contributed by atoms with Crippen molar-refractivity contribution in [2.24, 2.45) is 0 Å². The highest BCUT2D eigenvalue weighted by Crippen LogP contribution is 2.21. The van der Waals surface area contributed by atoms with Gasteiger partial charge < -0.3 is 15.5 Å². The van der Waals surface area contributed by atoms with Crippen molar-refractivity contribution >= 4 is 11.7 Å². The molecule has 1 aliphatic carbocycles. The topological polar surface area (TPSA) is 70.2 Å². The number of hydrogen-bond acceptors (Lipinski definition) is 5. The van der Waals surface area contributed by atoms with Crippen molar-refractivity contribution in [3.63, 3.8) is 0 Å². The van der Waals surface area contributed by atoms with Gasteiger partial charge in [0.05, 0.1) is 12.4 Å². The van der Waals surface area contributed by atoms with E-state index in [9.17, 15) is 4.79 Å². The molecule has 0 spiro atoms. The lowest BCUT2D eigenvalue weighted by Gasteiger charge is -2.23. The van der Waals surface area contributed by atoms with Crippen LogP contribution in [0.5, 0.6) is 0 Å². The molecule has 0 saturated heterocycles. The number of nitrogens with one attached hydrogen (secondary N) is 2. The smallest absolute Gasteiger partial charge is 0.271 e. The van der Waals surface area contributed by atoms with Crippen molar-refractivity contribution in [2.75, 3.05) is 32.5 Å². The Kier molecular flexibility index (Phi) is 5.29. The molecule has 1 aromatic rings. The molecule has 1 saturated carbocycles. The fraction of sp³-hybridized carbons (Fsp3) is 0.643. The first-order chi connectivity index (χ1) is 9.70. The van der Waals surface area contributed by atoms with Crippen molar-refractivity contribution in [1.29, 1.82) is 0 Å². The van der Waals surface area contributed by atoms with Gasteiger partial charge in [-0.3, -0.25) is 4.79 Å². The van der Waals surface area contributed by atoms with Crippen LogP contribution < -0.4 is 10.6 Å². The molecule has 1 heterocycles. The summed E-state index contributed by atoms with van der Waals surface area (Å²) in [5.41, 5.74) is 0.354. The number of rotatable bonds is 6. The minimum Gasteiger partial charge on any atom is -0.372 e. The predicted octanol–water partition coefficient (Wildman–Crippen LogP) is 1.12. The van der Waals surface area contributed by atoms with Gasteiger partial charge in [-0.05, 0) is 19.9 Å². The SMILES string of the molecule is CNc1cnc(C(=O)NCCN(C)C2CCCC2)cn1. The quantitative estimate of drug-likeness (QED) is 0.815. The van der Waals surface area contributed by atoms with Crippen LogP contribution in [0.25, 0.3) is 0 Å². The normalized spacial score (nSPS) is 15.6. The first-order valence-electron chi connectivity index (χ1n) is 7.19. The highest BCUT2D eigenvalue weighted by molar-refractivity contribution is 5.91. The van der Waals surface area contributed by atoms with Gasteiger partial charge in [0.1, 0.15) is 11.5 Å².